The van der Waals surface area contributed by atoms with E-state index in [9.17, 15) is 14.9 Å². The Morgan fingerprint density at radius 2 is 2.00 bits per heavy atom. The number of benzene rings is 2. The van der Waals surface area contributed by atoms with Crippen molar-refractivity contribution in [3.8, 4) is 0 Å². The van der Waals surface area contributed by atoms with E-state index in [1.807, 2.05) is 24.3 Å². The van der Waals surface area contributed by atoms with Crippen LogP contribution in [0.4, 0.5) is 17.1 Å². The molecule has 1 aliphatic heterocycles. The summed E-state index contributed by atoms with van der Waals surface area (Å²) in [4.78, 5) is 25.6. The first-order valence-corrected chi connectivity index (χ1v) is 9.55. The van der Waals surface area contributed by atoms with Crippen molar-refractivity contribution >= 4 is 23.0 Å². The zero-order chi connectivity index (χ0) is 20.1. The lowest BCUT2D eigenvalue weighted by molar-refractivity contribution is -0.384. The molecule has 1 aliphatic rings. The third-order valence-electron chi connectivity index (χ3n) is 5.09. The molecule has 1 amide bonds. The molecule has 0 radical (unpaired) electrons. The molecule has 1 atom stereocenters. The smallest absolute Gasteiger partial charge is 0.270 e. The van der Waals surface area contributed by atoms with Gasteiger partial charge in [-0.2, -0.15) is 0 Å². The monoisotopic (exact) mass is 382 g/mol. The predicted octanol–water partition coefficient (Wildman–Crippen LogP) is 4.12. The van der Waals surface area contributed by atoms with Crippen LogP contribution in [0.15, 0.2) is 42.5 Å². The summed E-state index contributed by atoms with van der Waals surface area (Å²) in [6.45, 7) is 5.45. The van der Waals surface area contributed by atoms with Crippen LogP contribution in [-0.4, -0.2) is 35.9 Å². The van der Waals surface area contributed by atoms with Crippen molar-refractivity contribution in [2.75, 3.05) is 30.8 Å². The van der Waals surface area contributed by atoms with Gasteiger partial charge in [0.05, 0.1) is 10.5 Å². The Morgan fingerprint density at radius 3 is 2.64 bits per heavy atom. The van der Waals surface area contributed by atoms with E-state index in [0.29, 0.717) is 11.4 Å². The Labute approximate surface area is 164 Å². The second-order valence-electron chi connectivity index (χ2n) is 7.37. The molecule has 148 valence electrons. The zero-order valence-electron chi connectivity index (χ0n) is 16.3. The van der Waals surface area contributed by atoms with E-state index < -0.39 is 4.92 Å². The van der Waals surface area contributed by atoms with Gasteiger partial charge < -0.3 is 10.6 Å². The molecule has 2 N–H and O–H groups in total. The molecule has 7 heteroatoms. The number of nitrogens with zero attached hydrogens (tertiary/aromatic N) is 2. The number of non-ortho nitro benzene ring substituents is 1. The molecule has 0 saturated carbocycles. The van der Waals surface area contributed by atoms with Crippen molar-refractivity contribution in [1.29, 1.82) is 0 Å². The van der Waals surface area contributed by atoms with E-state index in [1.165, 1.54) is 36.6 Å². The molecule has 28 heavy (non-hydrogen) atoms. The number of nitro benzene ring substituents is 1. The number of rotatable bonds is 6. The Kier molecular flexibility index (Phi) is 6.26. The van der Waals surface area contributed by atoms with Gasteiger partial charge in [0.2, 0.25) is 0 Å². The quantitative estimate of drug-likeness (QED) is 0.580. The highest BCUT2D eigenvalue weighted by Gasteiger charge is 2.18. The first-order chi connectivity index (χ1) is 13.5. The number of nitrogens with one attached hydrogen (secondary N) is 2. The number of anilines is 2. The van der Waals surface area contributed by atoms with E-state index in [0.717, 1.165) is 25.6 Å². The van der Waals surface area contributed by atoms with Crippen LogP contribution in [0.3, 0.4) is 0 Å². The van der Waals surface area contributed by atoms with Crippen LogP contribution in [0.5, 0.6) is 0 Å². The lowest BCUT2D eigenvalue weighted by Crippen LogP contribution is -2.33. The fourth-order valence-corrected chi connectivity index (χ4v) is 3.63. The summed E-state index contributed by atoms with van der Waals surface area (Å²) in [5.41, 5.74) is 2.53. The molecule has 1 unspecified atom stereocenters. The minimum Gasteiger partial charge on any atom is -0.387 e. The van der Waals surface area contributed by atoms with Crippen molar-refractivity contribution in [3.05, 3.63) is 63.7 Å². The van der Waals surface area contributed by atoms with Crippen LogP contribution >= 0.6 is 0 Å². The largest absolute Gasteiger partial charge is 0.387 e. The summed E-state index contributed by atoms with van der Waals surface area (Å²) in [5, 5.41) is 16.7. The van der Waals surface area contributed by atoms with Crippen LogP contribution in [-0.2, 0) is 6.54 Å². The van der Waals surface area contributed by atoms with Crippen molar-refractivity contribution in [2.24, 2.45) is 5.92 Å². The van der Waals surface area contributed by atoms with Crippen LogP contribution in [0.1, 0.15) is 35.7 Å². The van der Waals surface area contributed by atoms with Crippen molar-refractivity contribution in [1.82, 2.24) is 4.90 Å². The average Bonchev–Trinajstić information content (AvgIpc) is 2.69. The van der Waals surface area contributed by atoms with E-state index in [4.69, 9.17) is 0 Å². The fourth-order valence-electron chi connectivity index (χ4n) is 3.63. The summed E-state index contributed by atoms with van der Waals surface area (Å²) in [6, 6.07) is 12.0. The SMILES string of the molecule is CNc1ccc([N+](=O)[O-])cc1C(=O)Nc1ccc(CN2CCCC(C)C2)cc1. The van der Waals surface area contributed by atoms with Crippen LogP contribution in [0.2, 0.25) is 0 Å². The molecule has 0 aliphatic carbocycles. The molecule has 1 heterocycles. The van der Waals surface area contributed by atoms with Gasteiger partial charge in [0, 0.05) is 43.6 Å². The maximum Gasteiger partial charge on any atom is 0.270 e. The minimum atomic E-state index is -0.507. The van der Waals surface area contributed by atoms with E-state index in [1.54, 1.807) is 7.05 Å². The van der Waals surface area contributed by atoms with Crippen LogP contribution < -0.4 is 10.6 Å². The minimum absolute atomic E-state index is 0.116. The Morgan fingerprint density at radius 1 is 1.25 bits per heavy atom. The number of carbonyl (C=O) groups excluding carboxylic acids is 1. The standard InChI is InChI=1S/C21H26N4O3/c1-15-4-3-11-24(13-15)14-16-5-7-17(8-6-16)23-21(26)19-12-18(25(27)28)9-10-20(19)22-2/h5-10,12,15,22H,3-4,11,13-14H2,1-2H3,(H,23,26). The lowest BCUT2D eigenvalue weighted by atomic mass is 10.00. The van der Waals surface area contributed by atoms with Gasteiger partial charge in [0.25, 0.3) is 11.6 Å². The summed E-state index contributed by atoms with van der Waals surface area (Å²) in [6.07, 6.45) is 2.54. The van der Waals surface area contributed by atoms with Crippen molar-refractivity contribution < 1.29 is 9.72 Å². The summed E-state index contributed by atoms with van der Waals surface area (Å²) in [5.74, 6) is 0.356. The molecular weight excluding hydrogens is 356 g/mol. The summed E-state index contributed by atoms with van der Waals surface area (Å²) in [7, 11) is 1.67. The van der Waals surface area contributed by atoms with E-state index in [-0.39, 0.29) is 17.2 Å². The first-order valence-electron chi connectivity index (χ1n) is 9.55. The van der Waals surface area contributed by atoms with Crippen LogP contribution in [0, 0.1) is 16.0 Å². The molecule has 2 aromatic carbocycles. The second kappa shape index (κ2) is 8.84. The first kappa shape index (κ1) is 19.8. The normalized spacial score (nSPS) is 17.1. The zero-order valence-corrected chi connectivity index (χ0v) is 16.3. The van der Waals surface area contributed by atoms with Gasteiger partial charge in [-0.15, -0.1) is 0 Å². The number of carbonyl (C=O) groups is 1. The topological polar surface area (TPSA) is 87.5 Å². The number of nitro groups is 1. The molecule has 0 bridgehead atoms. The molecule has 0 aromatic heterocycles. The average molecular weight is 382 g/mol. The molecule has 1 saturated heterocycles. The van der Waals surface area contributed by atoms with E-state index in [2.05, 4.69) is 22.5 Å². The highest BCUT2D eigenvalue weighted by Crippen LogP contribution is 2.23. The van der Waals surface area contributed by atoms with Gasteiger partial charge in [0.15, 0.2) is 0 Å². The van der Waals surface area contributed by atoms with E-state index >= 15 is 0 Å². The van der Waals surface area contributed by atoms with Gasteiger partial charge in [-0.3, -0.25) is 19.8 Å². The second-order valence-corrected chi connectivity index (χ2v) is 7.37. The predicted molar refractivity (Wildman–Crippen MR) is 111 cm³/mol. The van der Waals surface area contributed by atoms with Gasteiger partial charge >= 0.3 is 0 Å². The van der Waals surface area contributed by atoms with Gasteiger partial charge in [-0.1, -0.05) is 19.1 Å². The van der Waals surface area contributed by atoms with Gasteiger partial charge in [-0.05, 0) is 49.1 Å². The summed E-state index contributed by atoms with van der Waals surface area (Å²) < 4.78 is 0. The third kappa shape index (κ3) is 4.86. The molecule has 0 spiro atoms. The highest BCUT2D eigenvalue weighted by atomic mass is 16.6. The Bertz CT molecular complexity index is 851. The maximum atomic E-state index is 12.6. The van der Waals surface area contributed by atoms with Crippen molar-refractivity contribution in [2.45, 2.75) is 26.3 Å². The highest BCUT2D eigenvalue weighted by molar-refractivity contribution is 6.08. The lowest BCUT2D eigenvalue weighted by Gasteiger charge is -2.30. The fraction of sp³-hybridized carbons (Fsp3) is 0.381. The third-order valence-corrected chi connectivity index (χ3v) is 5.09. The maximum absolute atomic E-state index is 12.6. The molecule has 2 aromatic rings. The van der Waals surface area contributed by atoms with Gasteiger partial charge in [-0.25, -0.2) is 0 Å². The Hall–Kier alpha value is -2.93. The molecule has 7 nitrogen and oxygen atoms in total. The molecular formula is C21H26N4O3. The van der Waals surface area contributed by atoms with Crippen molar-refractivity contribution in [3.63, 3.8) is 0 Å². The number of likely N-dealkylation sites (tertiary alicyclic amines) is 1. The number of amides is 1. The molecule has 3 rings (SSSR count). The Balaban J connectivity index is 1.67. The van der Waals surface area contributed by atoms with Gasteiger partial charge in [0.1, 0.15) is 0 Å². The number of hydrogen-bond acceptors (Lipinski definition) is 5. The number of piperidine rings is 1. The number of hydrogen-bond donors (Lipinski definition) is 2. The molecule has 1 fully saturated rings. The summed E-state index contributed by atoms with van der Waals surface area (Å²) >= 11 is 0. The van der Waals surface area contributed by atoms with Crippen LogP contribution in [0.25, 0.3) is 0 Å².